The topological polar surface area (TPSA) is 117 Å². The van der Waals surface area contributed by atoms with E-state index in [9.17, 15) is 20.2 Å². The Labute approximate surface area is 213 Å². The molecule has 0 aliphatic heterocycles. The van der Waals surface area contributed by atoms with Gasteiger partial charge in [0.25, 0.3) is 11.4 Å². The molecule has 0 saturated heterocycles. The molecule has 0 unspecified atom stereocenters. The second-order valence-corrected chi connectivity index (χ2v) is 9.65. The first kappa shape index (κ1) is 28.6. The average molecular weight is 503 g/mol. The largest absolute Gasteiger partial charge is 0.379 e. The minimum absolute atomic E-state index is 0.0766. The maximum atomic E-state index is 11.5. The van der Waals surface area contributed by atoms with E-state index < -0.39 is 0 Å². The van der Waals surface area contributed by atoms with Crippen LogP contribution >= 0.6 is 0 Å². The fraction of sp³-hybridized carbons (Fsp3) is 0.520. The van der Waals surface area contributed by atoms with Crippen LogP contribution in [0.4, 0.5) is 34.1 Å². The minimum Gasteiger partial charge on any atom is -0.379 e. The van der Waals surface area contributed by atoms with Crippen LogP contribution < -0.4 is 20.4 Å². The lowest BCUT2D eigenvalue weighted by atomic mass is 10.2. The molecule has 0 bridgehead atoms. The van der Waals surface area contributed by atoms with Crippen molar-refractivity contribution in [3.63, 3.8) is 0 Å². The van der Waals surface area contributed by atoms with E-state index in [-0.39, 0.29) is 21.2 Å². The SMILES string of the molecule is CC[N+](C)(CCCNc1ccc(N(C)C)cc1[N+](=O)[O-])CCCNc1ccc(N(C)C)cc1[N+](=O)[O-]. The molecule has 0 aliphatic rings. The third-order valence-corrected chi connectivity index (χ3v) is 6.53. The van der Waals surface area contributed by atoms with Crippen molar-refractivity contribution >= 4 is 34.1 Å². The van der Waals surface area contributed by atoms with Crippen LogP contribution in [0.2, 0.25) is 0 Å². The van der Waals surface area contributed by atoms with Gasteiger partial charge in [-0.2, -0.15) is 0 Å². The molecule has 0 aromatic heterocycles. The van der Waals surface area contributed by atoms with Gasteiger partial charge < -0.3 is 24.9 Å². The van der Waals surface area contributed by atoms with Gasteiger partial charge in [-0.1, -0.05) is 0 Å². The van der Waals surface area contributed by atoms with E-state index in [0.29, 0.717) is 24.5 Å². The monoisotopic (exact) mass is 502 g/mol. The highest BCUT2D eigenvalue weighted by atomic mass is 16.6. The van der Waals surface area contributed by atoms with E-state index in [4.69, 9.17) is 0 Å². The molecule has 2 N–H and O–H groups in total. The number of rotatable bonds is 15. The summed E-state index contributed by atoms with van der Waals surface area (Å²) in [6, 6.07) is 10.4. The normalized spacial score (nSPS) is 11.2. The zero-order valence-electron chi connectivity index (χ0n) is 22.3. The summed E-state index contributed by atoms with van der Waals surface area (Å²) in [4.78, 5) is 25.9. The molecule has 0 radical (unpaired) electrons. The van der Waals surface area contributed by atoms with Crippen LogP contribution in [-0.4, -0.2) is 82.3 Å². The highest BCUT2D eigenvalue weighted by Crippen LogP contribution is 2.30. The van der Waals surface area contributed by atoms with Gasteiger partial charge in [0.15, 0.2) is 0 Å². The first-order valence-corrected chi connectivity index (χ1v) is 12.2. The van der Waals surface area contributed by atoms with Gasteiger partial charge in [0.05, 0.1) is 36.5 Å². The quantitative estimate of drug-likeness (QED) is 0.159. The van der Waals surface area contributed by atoms with Crippen molar-refractivity contribution in [1.82, 2.24) is 0 Å². The average Bonchev–Trinajstić information content (AvgIpc) is 2.84. The van der Waals surface area contributed by atoms with Crippen LogP contribution in [0.5, 0.6) is 0 Å². The van der Waals surface area contributed by atoms with Crippen LogP contribution in [0.15, 0.2) is 36.4 Å². The lowest BCUT2D eigenvalue weighted by Crippen LogP contribution is -2.46. The van der Waals surface area contributed by atoms with E-state index in [1.165, 1.54) is 0 Å². The van der Waals surface area contributed by atoms with E-state index in [1.54, 1.807) is 24.3 Å². The Morgan fingerprint density at radius 2 is 1.17 bits per heavy atom. The van der Waals surface area contributed by atoms with Crippen LogP contribution in [0.1, 0.15) is 19.8 Å². The highest BCUT2D eigenvalue weighted by molar-refractivity contribution is 5.69. The number of hydrogen-bond donors (Lipinski definition) is 2. The molecule has 0 fully saturated rings. The summed E-state index contributed by atoms with van der Waals surface area (Å²) in [5.41, 5.74) is 2.79. The fourth-order valence-electron chi connectivity index (χ4n) is 3.99. The summed E-state index contributed by atoms with van der Waals surface area (Å²) >= 11 is 0. The number of nitrogens with one attached hydrogen (secondary N) is 2. The zero-order valence-corrected chi connectivity index (χ0v) is 22.3. The van der Waals surface area contributed by atoms with Crippen LogP contribution in [0.3, 0.4) is 0 Å². The molecule has 0 atom stereocenters. The van der Waals surface area contributed by atoms with Crippen molar-refractivity contribution in [3.05, 3.63) is 56.6 Å². The van der Waals surface area contributed by atoms with Gasteiger partial charge in [-0.3, -0.25) is 20.2 Å². The van der Waals surface area contributed by atoms with Gasteiger partial charge in [0, 0.05) is 77.6 Å². The number of nitro groups is 2. The minimum atomic E-state index is -0.354. The van der Waals surface area contributed by atoms with Crippen molar-refractivity contribution in [2.75, 3.05) is 88.4 Å². The molecule has 11 nitrogen and oxygen atoms in total. The molecular formula is C25H40N7O4+. The maximum absolute atomic E-state index is 11.5. The summed E-state index contributed by atoms with van der Waals surface area (Å²) in [6.07, 6.45) is 1.73. The fourth-order valence-corrected chi connectivity index (χ4v) is 3.99. The number of hydrogen-bond acceptors (Lipinski definition) is 8. The molecule has 11 heteroatoms. The van der Waals surface area contributed by atoms with Gasteiger partial charge in [-0.05, 0) is 31.2 Å². The van der Waals surface area contributed by atoms with Gasteiger partial charge in [0.2, 0.25) is 0 Å². The lowest BCUT2D eigenvalue weighted by Gasteiger charge is -2.33. The first-order chi connectivity index (χ1) is 17.0. The third kappa shape index (κ3) is 7.98. The van der Waals surface area contributed by atoms with E-state index in [1.807, 2.05) is 50.1 Å². The third-order valence-electron chi connectivity index (χ3n) is 6.53. The van der Waals surface area contributed by atoms with Crippen molar-refractivity contribution in [2.24, 2.45) is 0 Å². The number of quaternary nitrogens is 1. The smallest absolute Gasteiger partial charge is 0.294 e. The summed E-state index contributed by atoms with van der Waals surface area (Å²) in [5, 5.41) is 29.4. The van der Waals surface area contributed by atoms with Crippen LogP contribution in [0.25, 0.3) is 0 Å². The van der Waals surface area contributed by atoms with E-state index >= 15 is 0 Å². The Morgan fingerprint density at radius 3 is 1.47 bits per heavy atom. The Bertz CT molecular complexity index is 966. The molecule has 2 rings (SSSR count). The molecule has 2 aromatic rings. The molecule has 0 spiro atoms. The predicted molar refractivity (Wildman–Crippen MR) is 148 cm³/mol. The molecule has 2 aromatic carbocycles. The summed E-state index contributed by atoms with van der Waals surface area (Å²) < 4.78 is 0.854. The molecular weight excluding hydrogens is 462 g/mol. The standard InChI is InChI=1S/C25H40N7O4/c1-7-32(6,16-8-14-26-22-12-10-20(28(2)3)18-24(22)30(33)34)17-9-15-27-23-13-11-21(29(4)5)19-25(23)31(35)36/h10-13,18-19,26-27H,7-9,14-17H2,1-6H3/q+1. The molecule has 0 saturated carbocycles. The second kappa shape index (κ2) is 12.9. The van der Waals surface area contributed by atoms with Gasteiger partial charge in [-0.15, -0.1) is 0 Å². The van der Waals surface area contributed by atoms with Crippen molar-refractivity contribution < 1.29 is 14.3 Å². The van der Waals surface area contributed by atoms with E-state index in [2.05, 4.69) is 24.6 Å². The van der Waals surface area contributed by atoms with Crippen molar-refractivity contribution in [1.29, 1.82) is 0 Å². The Morgan fingerprint density at radius 1 is 0.778 bits per heavy atom. The molecule has 0 amide bonds. The van der Waals surface area contributed by atoms with Gasteiger partial charge in [-0.25, -0.2) is 0 Å². The Balaban J connectivity index is 1.86. The molecule has 0 heterocycles. The first-order valence-electron chi connectivity index (χ1n) is 12.2. The number of anilines is 4. The number of benzene rings is 2. The number of nitrogens with zero attached hydrogens (tertiary/aromatic N) is 5. The molecule has 198 valence electrons. The molecule has 0 aliphatic carbocycles. The zero-order chi connectivity index (χ0) is 26.9. The predicted octanol–water partition coefficient (Wildman–Crippen LogP) is 4.41. The van der Waals surface area contributed by atoms with Crippen molar-refractivity contribution in [3.8, 4) is 0 Å². The number of nitro benzene ring substituents is 2. The molecule has 36 heavy (non-hydrogen) atoms. The lowest BCUT2D eigenvalue weighted by molar-refractivity contribution is -0.907. The summed E-state index contributed by atoms with van der Waals surface area (Å²) in [7, 11) is 9.61. The van der Waals surface area contributed by atoms with Gasteiger partial charge in [0.1, 0.15) is 11.4 Å². The second-order valence-electron chi connectivity index (χ2n) is 9.65. The Kier molecular flexibility index (Phi) is 10.3. The Hall–Kier alpha value is -3.60. The van der Waals surface area contributed by atoms with Crippen LogP contribution in [-0.2, 0) is 0 Å². The maximum Gasteiger partial charge on any atom is 0.294 e. The van der Waals surface area contributed by atoms with Crippen LogP contribution in [0, 0.1) is 20.2 Å². The highest BCUT2D eigenvalue weighted by Gasteiger charge is 2.20. The van der Waals surface area contributed by atoms with Gasteiger partial charge >= 0.3 is 0 Å². The summed E-state index contributed by atoms with van der Waals surface area (Å²) in [6.45, 7) is 6.22. The summed E-state index contributed by atoms with van der Waals surface area (Å²) in [5.74, 6) is 0. The van der Waals surface area contributed by atoms with Crippen molar-refractivity contribution in [2.45, 2.75) is 19.8 Å². The van der Waals surface area contributed by atoms with E-state index in [0.717, 1.165) is 48.3 Å².